The molecular weight excluding hydrogens is 254 g/mol. The molecule has 0 aliphatic carbocycles. The molecule has 0 amide bonds. The van der Waals surface area contributed by atoms with Gasteiger partial charge in [-0.05, 0) is 18.4 Å². The zero-order chi connectivity index (χ0) is 13.9. The maximum atomic E-state index is 10.3. The minimum Gasteiger partial charge on any atom is -0.380 e. The predicted octanol–water partition coefficient (Wildman–Crippen LogP) is 0.814. The lowest BCUT2D eigenvalue weighted by atomic mass is 10.1. The molecule has 106 valence electrons. The smallest absolute Gasteiger partial charge is 0.244 e. The largest absolute Gasteiger partial charge is 0.380 e. The number of hydrogen-bond donors (Lipinski definition) is 3. The van der Waals surface area contributed by atoms with E-state index >= 15 is 0 Å². The van der Waals surface area contributed by atoms with Crippen LogP contribution < -0.4 is 10.6 Å². The molecule has 0 radical (unpaired) electrons. The van der Waals surface area contributed by atoms with Crippen molar-refractivity contribution in [1.82, 2.24) is 15.2 Å². The highest BCUT2D eigenvalue weighted by molar-refractivity contribution is 5.31. The molecule has 2 aromatic rings. The van der Waals surface area contributed by atoms with E-state index in [1.54, 1.807) is 0 Å². The summed E-state index contributed by atoms with van der Waals surface area (Å²) in [5.41, 5.74) is 6.69. The number of aliphatic hydroxyl groups excluding tert-OH is 1. The Labute approximate surface area is 117 Å². The fourth-order valence-electron chi connectivity index (χ4n) is 2.42. The zero-order valence-electron chi connectivity index (χ0n) is 11.2. The maximum Gasteiger partial charge on any atom is 0.244 e. The summed E-state index contributed by atoms with van der Waals surface area (Å²) in [4.78, 5) is 6.50. The summed E-state index contributed by atoms with van der Waals surface area (Å²) in [6.45, 7) is 1.72. The van der Waals surface area contributed by atoms with Gasteiger partial charge in [0.2, 0.25) is 5.95 Å². The number of nitrogens with one attached hydrogen (secondary N) is 1. The van der Waals surface area contributed by atoms with Crippen LogP contribution in [0.5, 0.6) is 0 Å². The Morgan fingerprint density at radius 2 is 1.95 bits per heavy atom. The van der Waals surface area contributed by atoms with Crippen molar-refractivity contribution in [2.45, 2.75) is 25.0 Å². The Kier molecular flexibility index (Phi) is 3.66. The minimum atomic E-state index is -0.774. The second-order valence-electron chi connectivity index (χ2n) is 5.16. The Morgan fingerprint density at radius 3 is 2.65 bits per heavy atom. The van der Waals surface area contributed by atoms with Crippen molar-refractivity contribution in [2.24, 2.45) is 5.73 Å². The number of hydrogen-bond acceptors (Lipinski definition) is 5. The molecule has 20 heavy (non-hydrogen) atoms. The van der Waals surface area contributed by atoms with Crippen LogP contribution in [-0.4, -0.2) is 39.4 Å². The van der Waals surface area contributed by atoms with E-state index in [9.17, 15) is 5.11 Å². The van der Waals surface area contributed by atoms with Crippen LogP contribution in [0, 0.1) is 0 Å². The number of aromatic nitrogens is 3. The van der Waals surface area contributed by atoms with Crippen LogP contribution in [0.2, 0.25) is 0 Å². The number of rotatable bonds is 3. The third-order valence-electron chi connectivity index (χ3n) is 3.69. The van der Waals surface area contributed by atoms with Crippen LogP contribution in [0.15, 0.2) is 30.3 Å². The highest BCUT2D eigenvalue weighted by atomic mass is 16.3. The number of benzene rings is 1. The second kappa shape index (κ2) is 5.60. The summed E-state index contributed by atoms with van der Waals surface area (Å²) < 4.78 is 0. The summed E-state index contributed by atoms with van der Waals surface area (Å²) in [5, 5.41) is 17.3. The van der Waals surface area contributed by atoms with Crippen molar-refractivity contribution in [3.63, 3.8) is 0 Å². The quantitative estimate of drug-likeness (QED) is 0.770. The molecular formula is C14H19N5O. The molecule has 0 spiro atoms. The van der Waals surface area contributed by atoms with E-state index in [-0.39, 0.29) is 6.04 Å². The van der Waals surface area contributed by atoms with Gasteiger partial charge in [-0.15, -0.1) is 5.10 Å². The molecule has 1 fully saturated rings. The van der Waals surface area contributed by atoms with E-state index in [0.717, 1.165) is 31.5 Å². The van der Waals surface area contributed by atoms with Gasteiger partial charge in [-0.25, -0.2) is 0 Å². The fraction of sp³-hybridized carbons (Fsp3) is 0.429. The number of anilines is 1. The van der Waals surface area contributed by atoms with Crippen LogP contribution in [0.25, 0.3) is 0 Å². The molecule has 1 aliphatic rings. The molecule has 6 nitrogen and oxygen atoms in total. The third-order valence-corrected chi connectivity index (χ3v) is 3.69. The highest BCUT2D eigenvalue weighted by Crippen LogP contribution is 2.21. The number of aliphatic hydroxyl groups is 1. The number of aromatic amines is 1. The van der Waals surface area contributed by atoms with Crippen molar-refractivity contribution in [3.8, 4) is 0 Å². The van der Waals surface area contributed by atoms with Crippen LogP contribution in [0.4, 0.5) is 5.95 Å². The number of H-pyrrole nitrogens is 1. The molecule has 1 aliphatic heterocycles. The second-order valence-corrected chi connectivity index (χ2v) is 5.16. The first-order chi connectivity index (χ1) is 9.74. The zero-order valence-corrected chi connectivity index (χ0v) is 11.2. The maximum absolute atomic E-state index is 10.3. The van der Waals surface area contributed by atoms with Crippen LogP contribution in [-0.2, 0) is 0 Å². The minimum absolute atomic E-state index is 0.277. The van der Waals surface area contributed by atoms with Gasteiger partial charge >= 0.3 is 0 Å². The molecule has 0 saturated carbocycles. The monoisotopic (exact) mass is 273 g/mol. The number of nitrogens with two attached hydrogens (primary N) is 1. The van der Waals surface area contributed by atoms with E-state index < -0.39 is 6.10 Å². The van der Waals surface area contributed by atoms with E-state index in [0.29, 0.717) is 11.8 Å². The van der Waals surface area contributed by atoms with E-state index in [4.69, 9.17) is 5.73 Å². The first kappa shape index (κ1) is 13.1. The molecule has 1 atom stereocenters. The van der Waals surface area contributed by atoms with Crippen molar-refractivity contribution in [1.29, 1.82) is 0 Å². The molecule has 6 heteroatoms. The van der Waals surface area contributed by atoms with Gasteiger partial charge in [0.25, 0.3) is 0 Å². The number of piperidine rings is 1. The van der Waals surface area contributed by atoms with Crippen molar-refractivity contribution >= 4 is 5.95 Å². The predicted molar refractivity (Wildman–Crippen MR) is 76.3 cm³/mol. The molecule has 1 aromatic carbocycles. The summed E-state index contributed by atoms with van der Waals surface area (Å²) in [6, 6.07) is 9.71. The van der Waals surface area contributed by atoms with Gasteiger partial charge in [-0.2, -0.15) is 4.98 Å². The highest BCUT2D eigenvalue weighted by Gasteiger charge is 2.21. The number of nitrogens with zero attached hydrogens (tertiary/aromatic N) is 3. The summed E-state index contributed by atoms with van der Waals surface area (Å²) >= 11 is 0. The fourth-order valence-corrected chi connectivity index (χ4v) is 2.42. The molecule has 2 heterocycles. The van der Waals surface area contributed by atoms with E-state index in [1.165, 1.54) is 0 Å². The first-order valence-corrected chi connectivity index (χ1v) is 6.90. The van der Waals surface area contributed by atoms with Crippen molar-refractivity contribution in [3.05, 3.63) is 41.7 Å². The molecule has 3 rings (SSSR count). The van der Waals surface area contributed by atoms with Crippen LogP contribution >= 0.6 is 0 Å². The van der Waals surface area contributed by atoms with E-state index in [1.807, 2.05) is 30.3 Å². The molecule has 0 bridgehead atoms. The van der Waals surface area contributed by atoms with Gasteiger partial charge in [-0.1, -0.05) is 30.3 Å². The van der Waals surface area contributed by atoms with E-state index in [2.05, 4.69) is 20.1 Å². The normalized spacial score (nSPS) is 18.2. The Morgan fingerprint density at radius 1 is 1.25 bits per heavy atom. The SMILES string of the molecule is NC1CCN(c2n[nH]c(C(O)c3ccccc3)n2)CC1. The average molecular weight is 273 g/mol. The van der Waals surface area contributed by atoms with Crippen LogP contribution in [0.3, 0.4) is 0 Å². The van der Waals surface area contributed by atoms with Gasteiger partial charge in [0.15, 0.2) is 5.82 Å². The van der Waals surface area contributed by atoms with Gasteiger partial charge in [-0.3, -0.25) is 5.10 Å². The Balaban J connectivity index is 1.73. The summed E-state index contributed by atoms with van der Waals surface area (Å²) in [7, 11) is 0. The Hall–Kier alpha value is -1.92. The van der Waals surface area contributed by atoms with Gasteiger partial charge in [0, 0.05) is 19.1 Å². The lowest BCUT2D eigenvalue weighted by Crippen LogP contribution is -2.40. The standard InChI is InChI=1S/C14H19N5O/c15-11-6-8-19(9-7-11)14-16-13(17-18-14)12(20)10-4-2-1-3-5-10/h1-5,11-12,20H,6-9,15H2,(H,16,17,18). The third kappa shape index (κ3) is 2.66. The van der Waals surface area contributed by atoms with Gasteiger partial charge in [0.1, 0.15) is 6.10 Å². The molecule has 1 aromatic heterocycles. The van der Waals surface area contributed by atoms with Gasteiger partial charge < -0.3 is 15.7 Å². The Bertz CT molecular complexity index is 548. The lowest BCUT2D eigenvalue weighted by molar-refractivity contribution is 0.210. The average Bonchev–Trinajstić information content (AvgIpc) is 2.98. The first-order valence-electron chi connectivity index (χ1n) is 6.90. The summed E-state index contributed by atoms with van der Waals surface area (Å²) in [5.74, 6) is 1.11. The van der Waals surface area contributed by atoms with Crippen molar-refractivity contribution in [2.75, 3.05) is 18.0 Å². The lowest BCUT2D eigenvalue weighted by Gasteiger charge is -2.28. The van der Waals surface area contributed by atoms with Crippen molar-refractivity contribution < 1.29 is 5.11 Å². The topological polar surface area (TPSA) is 91.1 Å². The van der Waals surface area contributed by atoms with Gasteiger partial charge in [0.05, 0.1) is 0 Å². The summed E-state index contributed by atoms with van der Waals surface area (Å²) in [6.07, 6.45) is 1.13. The van der Waals surface area contributed by atoms with Crippen LogP contribution in [0.1, 0.15) is 30.3 Å². The molecule has 1 saturated heterocycles. The molecule has 4 N–H and O–H groups in total. The molecule has 1 unspecified atom stereocenters.